The summed E-state index contributed by atoms with van der Waals surface area (Å²) in [6.45, 7) is 4.23. The Morgan fingerprint density at radius 1 is 1.13 bits per heavy atom. The largest absolute Gasteiger partial charge is 0.487 e. The smallest absolute Gasteiger partial charge is 0.325 e. The second-order valence-corrected chi connectivity index (χ2v) is 6.65. The molecule has 0 unspecified atom stereocenters. The lowest BCUT2D eigenvalue weighted by Gasteiger charge is -2.20. The topological polar surface area (TPSA) is 99.0 Å². The molecule has 31 heavy (non-hydrogen) atoms. The van der Waals surface area contributed by atoms with Gasteiger partial charge < -0.3 is 14.4 Å². The lowest BCUT2D eigenvalue weighted by atomic mass is 10.1. The van der Waals surface area contributed by atoms with Crippen LogP contribution in [0.15, 0.2) is 54.6 Å². The number of rotatable bonds is 11. The minimum absolute atomic E-state index is 0.171. The van der Waals surface area contributed by atoms with Gasteiger partial charge in [-0.25, -0.2) is 0 Å². The minimum Gasteiger partial charge on any atom is -0.487 e. The summed E-state index contributed by atoms with van der Waals surface area (Å²) in [5.41, 5.74) is 1.16. The number of hydrogen-bond donors (Lipinski definition) is 0. The second-order valence-electron chi connectivity index (χ2n) is 6.65. The Balaban J connectivity index is 2.19. The molecule has 0 saturated carbocycles. The lowest BCUT2D eigenvalue weighted by Crippen LogP contribution is -2.35. The zero-order valence-corrected chi connectivity index (χ0v) is 17.7. The lowest BCUT2D eigenvalue weighted by molar-refractivity contribution is -0.385. The predicted octanol–water partition coefficient (Wildman–Crippen LogP) is 3.99. The summed E-state index contributed by atoms with van der Waals surface area (Å²) in [5, 5.41) is 11.3. The number of carbonyl (C=O) groups is 2. The van der Waals surface area contributed by atoms with Crippen LogP contribution >= 0.6 is 0 Å². The zero-order valence-electron chi connectivity index (χ0n) is 17.7. The molecule has 0 aromatic heterocycles. The molecule has 0 atom stereocenters. The third kappa shape index (κ3) is 7.58. The van der Waals surface area contributed by atoms with Crippen LogP contribution in [0.5, 0.6) is 5.75 Å². The van der Waals surface area contributed by atoms with E-state index in [-0.39, 0.29) is 31.1 Å². The van der Waals surface area contributed by atoms with Crippen molar-refractivity contribution in [1.82, 2.24) is 4.90 Å². The zero-order chi connectivity index (χ0) is 22.6. The third-order valence-electron chi connectivity index (χ3n) is 4.21. The van der Waals surface area contributed by atoms with E-state index in [1.165, 1.54) is 29.2 Å². The van der Waals surface area contributed by atoms with Crippen molar-refractivity contribution in [1.29, 1.82) is 0 Å². The Morgan fingerprint density at radius 3 is 2.52 bits per heavy atom. The number of esters is 1. The highest BCUT2D eigenvalue weighted by atomic mass is 16.6. The van der Waals surface area contributed by atoms with E-state index >= 15 is 0 Å². The second kappa shape index (κ2) is 12.1. The van der Waals surface area contributed by atoms with E-state index in [9.17, 15) is 19.7 Å². The van der Waals surface area contributed by atoms with Gasteiger partial charge in [0.15, 0.2) is 5.75 Å². The maximum absolute atomic E-state index is 12.8. The van der Waals surface area contributed by atoms with E-state index in [1.807, 2.05) is 37.3 Å². The summed E-state index contributed by atoms with van der Waals surface area (Å²) >= 11 is 0. The maximum atomic E-state index is 12.8. The number of benzene rings is 2. The summed E-state index contributed by atoms with van der Waals surface area (Å²) in [7, 11) is 0. The molecule has 0 N–H and O–H groups in total. The molecule has 164 valence electrons. The van der Waals surface area contributed by atoms with Crippen LogP contribution in [0.4, 0.5) is 5.69 Å². The van der Waals surface area contributed by atoms with Crippen LogP contribution in [0.25, 0.3) is 6.08 Å². The molecule has 0 radical (unpaired) electrons. The first-order valence-electron chi connectivity index (χ1n) is 10.0. The molecule has 0 spiro atoms. The molecule has 8 heteroatoms. The Kier molecular flexibility index (Phi) is 9.22. The Morgan fingerprint density at radius 2 is 1.87 bits per heavy atom. The fourth-order valence-corrected chi connectivity index (χ4v) is 2.77. The first-order chi connectivity index (χ1) is 14.9. The molecular weight excluding hydrogens is 400 g/mol. The molecule has 2 rings (SSSR count). The van der Waals surface area contributed by atoms with E-state index in [0.29, 0.717) is 12.2 Å². The van der Waals surface area contributed by atoms with E-state index in [0.717, 1.165) is 12.0 Å². The van der Waals surface area contributed by atoms with E-state index in [2.05, 4.69) is 0 Å². The Bertz CT molecular complexity index is 927. The van der Waals surface area contributed by atoms with Crippen molar-refractivity contribution in [3.8, 4) is 5.75 Å². The van der Waals surface area contributed by atoms with Gasteiger partial charge in [-0.15, -0.1) is 0 Å². The van der Waals surface area contributed by atoms with Crippen LogP contribution < -0.4 is 4.74 Å². The molecule has 2 aromatic rings. The summed E-state index contributed by atoms with van der Waals surface area (Å²) in [6.07, 6.45) is 3.49. The van der Waals surface area contributed by atoms with Gasteiger partial charge in [-0.05, 0) is 36.6 Å². The van der Waals surface area contributed by atoms with Gasteiger partial charge in [-0.3, -0.25) is 19.7 Å². The highest BCUT2D eigenvalue weighted by molar-refractivity contribution is 5.93. The summed E-state index contributed by atoms with van der Waals surface area (Å²) in [6, 6.07) is 13.8. The molecule has 0 aliphatic carbocycles. The van der Waals surface area contributed by atoms with Gasteiger partial charge in [-0.1, -0.05) is 43.3 Å². The van der Waals surface area contributed by atoms with E-state index < -0.39 is 16.8 Å². The van der Waals surface area contributed by atoms with Crippen molar-refractivity contribution in [3.05, 3.63) is 75.8 Å². The number of nitro groups is 1. The van der Waals surface area contributed by atoms with Crippen molar-refractivity contribution in [2.75, 3.05) is 19.8 Å². The van der Waals surface area contributed by atoms with Gasteiger partial charge in [0.25, 0.3) is 0 Å². The standard InChI is InChI=1S/C23H26N2O6/c1-3-14-31-21-12-10-18(15-20(21)25(28)29)11-13-22(26)24(17-23(27)30-4-2)16-19-8-6-5-7-9-19/h5-13,15H,3-4,14,16-17H2,1-2H3/b13-11+. The third-order valence-corrected chi connectivity index (χ3v) is 4.21. The highest BCUT2D eigenvalue weighted by Crippen LogP contribution is 2.28. The van der Waals surface area contributed by atoms with Crippen LogP contribution in [0.1, 0.15) is 31.4 Å². The SMILES string of the molecule is CCCOc1ccc(/C=C/C(=O)N(CC(=O)OCC)Cc2ccccc2)cc1[N+](=O)[O-]. The molecule has 0 heterocycles. The molecule has 1 amide bonds. The molecule has 0 saturated heterocycles. The number of nitrogens with zero attached hydrogens (tertiary/aromatic N) is 2. The monoisotopic (exact) mass is 426 g/mol. The molecule has 0 aliphatic rings. The van der Waals surface area contributed by atoms with Crippen molar-refractivity contribution in [3.63, 3.8) is 0 Å². The van der Waals surface area contributed by atoms with Crippen LogP contribution in [-0.4, -0.2) is 41.5 Å². The fourth-order valence-electron chi connectivity index (χ4n) is 2.77. The first-order valence-corrected chi connectivity index (χ1v) is 10.0. The van der Waals surface area contributed by atoms with E-state index in [1.54, 1.807) is 13.0 Å². The van der Waals surface area contributed by atoms with Crippen LogP contribution in [0.2, 0.25) is 0 Å². The van der Waals surface area contributed by atoms with Gasteiger partial charge in [0.2, 0.25) is 5.91 Å². The summed E-state index contributed by atoms with van der Waals surface area (Å²) < 4.78 is 10.4. The molecule has 0 fully saturated rings. The minimum atomic E-state index is -0.521. The maximum Gasteiger partial charge on any atom is 0.325 e. The number of carbonyl (C=O) groups excluding carboxylic acids is 2. The van der Waals surface area contributed by atoms with Crippen molar-refractivity contribution in [2.24, 2.45) is 0 Å². The number of hydrogen-bond acceptors (Lipinski definition) is 6. The predicted molar refractivity (Wildman–Crippen MR) is 116 cm³/mol. The van der Waals surface area contributed by atoms with E-state index in [4.69, 9.17) is 9.47 Å². The average Bonchev–Trinajstić information content (AvgIpc) is 2.76. The molecule has 0 aliphatic heterocycles. The number of nitro benzene ring substituents is 1. The Labute approximate surface area is 181 Å². The van der Waals surface area contributed by atoms with Crippen LogP contribution in [-0.2, 0) is 20.9 Å². The van der Waals surface area contributed by atoms with Gasteiger partial charge in [0.05, 0.1) is 18.1 Å². The van der Waals surface area contributed by atoms with Gasteiger partial charge in [0, 0.05) is 18.7 Å². The summed E-state index contributed by atoms with van der Waals surface area (Å²) in [5.74, 6) is -0.734. The van der Waals surface area contributed by atoms with Gasteiger partial charge >= 0.3 is 11.7 Å². The first kappa shape index (κ1) is 23.6. The highest BCUT2D eigenvalue weighted by Gasteiger charge is 2.18. The van der Waals surface area contributed by atoms with Crippen molar-refractivity contribution in [2.45, 2.75) is 26.8 Å². The molecule has 2 aromatic carbocycles. The average molecular weight is 426 g/mol. The molecular formula is C23H26N2O6. The van der Waals surface area contributed by atoms with Crippen molar-refractivity contribution >= 4 is 23.6 Å². The van der Waals surface area contributed by atoms with Crippen LogP contribution in [0, 0.1) is 10.1 Å². The Hall–Kier alpha value is -3.68. The number of ether oxygens (including phenoxy) is 2. The van der Waals surface area contributed by atoms with Gasteiger partial charge in [-0.2, -0.15) is 0 Å². The molecule has 8 nitrogen and oxygen atoms in total. The summed E-state index contributed by atoms with van der Waals surface area (Å²) in [4.78, 5) is 36.9. The molecule has 0 bridgehead atoms. The van der Waals surface area contributed by atoms with Crippen molar-refractivity contribution < 1.29 is 24.0 Å². The fraction of sp³-hybridized carbons (Fsp3) is 0.304. The van der Waals surface area contributed by atoms with Gasteiger partial charge in [0.1, 0.15) is 6.54 Å². The number of amides is 1. The normalized spacial score (nSPS) is 10.6. The quantitative estimate of drug-likeness (QED) is 0.233. The van der Waals surface area contributed by atoms with Crippen LogP contribution in [0.3, 0.4) is 0 Å².